The molecule has 2 heterocycles. The molecule has 0 radical (unpaired) electrons. The number of amides is 3. The van der Waals surface area contributed by atoms with Crippen molar-refractivity contribution in [1.29, 1.82) is 0 Å². The number of hydrogen-bond acceptors (Lipinski definition) is 6. The average molecular weight is 548 g/mol. The van der Waals surface area contributed by atoms with Crippen molar-refractivity contribution in [2.45, 2.75) is 25.8 Å². The smallest absolute Gasteiger partial charge is 0.275 e. The summed E-state index contributed by atoms with van der Waals surface area (Å²) in [6.07, 6.45) is 1.78. The number of fused-ring (bicyclic) bond motifs is 1. The number of carbonyl (C=O) groups is 3. The first-order valence-electron chi connectivity index (χ1n) is 12.4. The van der Waals surface area contributed by atoms with Gasteiger partial charge in [0, 0.05) is 47.6 Å². The Labute approximate surface area is 229 Å². The Balaban J connectivity index is 1.58. The van der Waals surface area contributed by atoms with E-state index in [0.717, 1.165) is 6.08 Å². The maximum absolute atomic E-state index is 15.4. The Hall–Kier alpha value is -4.93. The molecular formula is C29H27F2N5O4. The number of alkyl halides is 2. The van der Waals surface area contributed by atoms with Crippen molar-refractivity contribution in [3.05, 3.63) is 95.8 Å². The summed E-state index contributed by atoms with van der Waals surface area (Å²) < 4.78 is 30.8. The highest BCUT2D eigenvalue weighted by molar-refractivity contribution is 6.42. The molecule has 0 saturated carbocycles. The van der Waals surface area contributed by atoms with Crippen LogP contribution in [-0.4, -0.2) is 48.0 Å². The van der Waals surface area contributed by atoms with Crippen LogP contribution in [0.1, 0.15) is 35.0 Å². The minimum absolute atomic E-state index is 0.0798. The molecule has 3 aromatic rings. The van der Waals surface area contributed by atoms with Crippen LogP contribution in [0.25, 0.3) is 5.57 Å². The third-order valence-corrected chi connectivity index (χ3v) is 6.17. The van der Waals surface area contributed by atoms with Crippen LogP contribution in [0.3, 0.4) is 0 Å². The molecule has 2 N–H and O–H groups in total. The van der Waals surface area contributed by atoms with E-state index in [2.05, 4.69) is 25.6 Å². The molecule has 0 bridgehead atoms. The molecule has 0 spiro atoms. The zero-order chi connectivity index (χ0) is 28.7. The fourth-order valence-electron chi connectivity index (χ4n) is 4.15. The van der Waals surface area contributed by atoms with E-state index in [1.165, 1.54) is 49.3 Å². The largest absolute Gasteiger partial charge is 0.399 e. The lowest BCUT2D eigenvalue weighted by atomic mass is 9.97. The molecule has 11 heteroatoms. The quantitative estimate of drug-likeness (QED) is 0.258. The maximum atomic E-state index is 15.4. The number of benzene rings is 2. The van der Waals surface area contributed by atoms with Gasteiger partial charge in [-0.25, -0.2) is 8.78 Å². The van der Waals surface area contributed by atoms with Gasteiger partial charge in [0.25, 0.3) is 17.7 Å². The van der Waals surface area contributed by atoms with Crippen LogP contribution in [0, 0.1) is 0 Å². The number of hydrogen-bond donors (Lipinski definition) is 2. The van der Waals surface area contributed by atoms with Crippen LogP contribution in [0.5, 0.6) is 0 Å². The number of anilines is 2. The molecule has 1 aliphatic rings. The number of nitrogens with one attached hydrogen (secondary N) is 2. The number of pyridine rings is 1. The summed E-state index contributed by atoms with van der Waals surface area (Å²) >= 11 is 0. The van der Waals surface area contributed by atoms with Gasteiger partial charge in [-0.1, -0.05) is 29.4 Å². The number of carbonyl (C=O) groups excluding carboxylic acids is 3. The summed E-state index contributed by atoms with van der Waals surface area (Å²) in [4.78, 5) is 48.2. The predicted molar refractivity (Wildman–Crippen MR) is 147 cm³/mol. The molecule has 0 unspecified atom stereocenters. The lowest BCUT2D eigenvalue weighted by Gasteiger charge is -2.23. The summed E-state index contributed by atoms with van der Waals surface area (Å²) in [5.41, 5.74) is 1.22. The van der Waals surface area contributed by atoms with Crippen molar-refractivity contribution in [2.75, 3.05) is 23.9 Å². The molecule has 0 atom stereocenters. The molecule has 3 amide bonds. The first-order chi connectivity index (χ1) is 19.2. The standard InChI is InChI=1S/C29H27F2N5O4/c1-19(35-40-2)27(38)34-21-12-10-20(11-13-21)28(39)36-16-14-29(30,31)24(23-8-3-4-9-25(23)36)17-26(37)33-18-22-7-5-6-15-32-22/h3-13,15,17H,14,16,18H2,1-2H3,(H,33,37)(H,34,38)/b24-17-,35-19?. The Kier molecular flexibility index (Phi) is 8.63. The normalized spacial score (nSPS) is 15.6. The number of aromatic nitrogens is 1. The number of allylic oxidation sites excluding steroid dienone is 1. The number of oxime groups is 1. The molecular weight excluding hydrogens is 520 g/mol. The van der Waals surface area contributed by atoms with Crippen molar-refractivity contribution < 1.29 is 28.0 Å². The van der Waals surface area contributed by atoms with Gasteiger partial charge in [-0.2, -0.15) is 0 Å². The monoisotopic (exact) mass is 547 g/mol. The first-order valence-corrected chi connectivity index (χ1v) is 12.4. The van der Waals surface area contributed by atoms with E-state index in [1.54, 1.807) is 42.6 Å². The lowest BCUT2D eigenvalue weighted by Crippen LogP contribution is -2.33. The highest BCUT2D eigenvalue weighted by Gasteiger charge is 2.41. The van der Waals surface area contributed by atoms with E-state index in [1.807, 2.05) is 0 Å². The highest BCUT2D eigenvalue weighted by atomic mass is 19.3. The number of para-hydroxylation sites is 1. The Morgan fingerprint density at radius 2 is 1.80 bits per heavy atom. The van der Waals surface area contributed by atoms with E-state index in [4.69, 9.17) is 0 Å². The zero-order valence-electron chi connectivity index (χ0n) is 21.9. The van der Waals surface area contributed by atoms with Crippen molar-refractivity contribution in [2.24, 2.45) is 5.16 Å². The third-order valence-electron chi connectivity index (χ3n) is 6.17. The first kappa shape index (κ1) is 28.1. The van der Waals surface area contributed by atoms with Crippen LogP contribution in [-0.2, 0) is 21.0 Å². The molecule has 4 rings (SSSR count). The maximum Gasteiger partial charge on any atom is 0.275 e. The third kappa shape index (κ3) is 6.55. The van der Waals surface area contributed by atoms with Crippen molar-refractivity contribution in [1.82, 2.24) is 10.3 Å². The summed E-state index contributed by atoms with van der Waals surface area (Å²) in [6, 6.07) is 17.5. The molecule has 1 aromatic heterocycles. The van der Waals surface area contributed by atoms with Crippen LogP contribution >= 0.6 is 0 Å². The fraction of sp³-hybridized carbons (Fsp3) is 0.207. The Bertz CT molecular complexity index is 1460. The summed E-state index contributed by atoms with van der Waals surface area (Å²) in [6.45, 7) is 1.29. The minimum Gasteiger partial charge on any atom is -0.399 e. The van der Waals surface area contributed by atoms with Gasteiger partial charge in [-0.3, -0.25) is 19.4 Å². The van der Waals surface area contributed by atoms with Gasteiger partial charge in [0.15, 0.2) is 0 Å². The van der Waals surface area contributed by atoms with Crippen LogP contribution in [0.15, 0.2) is 84.2 Å². The van der Waals surface area contributed by atoms with Crippen LogP contribution in [0.4, 0.5) is 20.2 Å². The minimum atomic E-state index is -3.37. The average Bonchev–Trinajstić information content (AvgIpc) is 3.06. The van der Waals surface area contributed by atoms with Gasteiger partial charge in [0.2, 0.25) is 5.91 Å². The topological polar surface area (TPSA) is 113 Å². The molecule has 40 heavy (non-hydrogen) atoms. The number of halogens is 2. The van der Waals surface area contributed by atoms with Gasteiger partial charge in [-0.15, -0.1) is 0 Å². The Morgan fingerprint density at radius 3 is 2.50 bits per heavy atom. The second kappa shape index (κ2) is 12.3. The van der Waals surface area contributed by atoms with E-state index in [-0.39, 0.29) is 35.6 Å². The van der Waals surface area contributed by atoms with E-state index < -0.39 is 35.6 Å². The van der Waals surface area contributed by atoms with E-state index >= 15 is 8.78 Å². The van der Waals surface area contributed by atoms with Crippen molar-refractivity contribution in [3.8, 4) is 0 Å². The molecule has 0 aliphatic carbocycles. The van der Waals surface area contributed by atoms with E-state index in [0.29, 0.717) is 11.4 Å². The molecule has 0 saturated heterocycles. The van der Waals surface area contributed by atoms with Gasteiger partial charge < -0.3 is 20.4 Å². The van der Waals surface area contributed by atoms with Crippen LogP contribution in [0.2, 0.25) is 0 Å². The second-order valence-electron chi connectivity index (χ2n) is 8.92. The Morgan fingerprint density at radius 1 is 1.07 bits per heavy atom. The molecule has 9 nitrogen and oxygen atoms in total. The second-order valence-corrected chi connectivity index (χ2v) is 8.92. The summed E-state index contributed by atoms with van der Waals surface area (Å²) in [5, 5.41) is 8.79. The molecule has 2 aromatic carbocycles. The molecule has 0 fully saturated rings. The SMILES string of the molecule is CON=C(C)C(=O)Nc1ccc(C(=O)N2CCC(F)(F)/C(=C\C(=O)NCc3ccccn3)c3ccccc32)cc1. The highest BCUT2D eigenvalue weighted by Crippen LogP contribution is 2.43. The fourth-order valence-corrected chi connectivity index (χ4v) is 4.15. The van der Waals surface area contributed by atoms with Gasteiger partial charge in [-0.05, 0) is 49.4 Å². The van der Waals surface area contributed by atoms with E-state index in [9.17, 15) is 14.4 Å². The zero-order valence-corrected chi connectivity index (χ0v) is 21.9. The van der Waals surface area contributed by atoms with Gasteiger partial charge in [0.05, 0.1) is 17.9 Å². The predicted octanol–water partition coefficient (Wildman–Crippen LogP) is 4.43. The lowest BCUT2D eigenvalue weighted by molar-refractivity contribution is -0.116. The van der Waals surface area contributed by atoms with Crippen LogP contribution < -0.4 is 15.5 Å². The van der Waals surface area contributed by atoms with Crippen molar-refractivity contribution in [3.63, 3.8) is 0 Å². The number of nitrogens with zero attached hydrogens (tertiary/aromatic N) is 3. The van der Waals surface area contributed by atoms with Gasteiger partial charge in [0.1, 0.15) is 12.8 Å². The summed E-state index contributed by atoms with van der Waals surface area (Å²) in [5.74, 6) is -5.05. The summed E-state index contributed by atoms with van der Waals surface area (Å²) in [7, 11) is 1.32. The molecule has 1 aliphatic heterocycles. The number of rotatable bonds is 7. The van der Waals surface area contributed by atoms with Gasteiger partial charge >= 0.3 is 0 Å². The van der Waals surface area contributed by atoms with Crippen molar-refractivity contribution >= 4 is 40.4 Å². The molecule has 206 valence electrons.